The number of rotatable bonds is 10. The molecule has 3 amide bonds. The van der Waals surface area contributed by atoms with Gasteiger partial charge in [0.2, 0.25) is 5.91 Å². The fourth-order valence-electron chi connectivity index (χ4n) is 3.57. The highest BCUT2D eigenvalue weighted by molar-refractivity contribution is 6.10. The second kappa shape index (κ2) is 10.5. The fourth-order valence-corrected chi connectivity index (χ4v) is 3.57. The molecule has 3 rings (SSSR count). The van der Waals surface area contributed by atoms with E-state index in [0.29, 0.717) is 17.7 Å². The Labute approximate surface area is 190 Å². The van der Waals surface area contributed by atoms with E-state index in [1.165, 1.54) is 11.0 Å². The molecule has 1 atom stereocenters. The van der Waals surface area contributed by atoms with Gasteiger partial charge in [0.1, 0.15) is 6.61 Å². The SMILES string of the molecule is NC(=O)[C@@H](C(=O)Nc1ccc(N2CCOCC2=O)cc1OC(F)F)N(CC1CC1)CC(F)(F)F. The molecule has 0 aromatic heterocycles. The van der Waals surface area contributed by atoms with Gasteiger partial charge < -0.3 is 25.4 Å². The van der Waals surface area contributed by atoms with Gasteiger partial charge in [-0.1, -0.05) is 0 Å². The Hall–Kier alpha value is -3.00. The molecule has 1 heterocycles. The van der Waals surface area contributed by atoms with E-state index in [1.807, 2.05) is 0 Å². The highest BCUT2D eigenvalue weighted by Gasteiger charge is 2.41. The molecule has 1 aromatic rings. The molecule has 0 bridgehead atoms. The first kappa shape index (κ1) is 25.6. The number of nitrogens with two attached hydrogens (primary N) is 1. The minimum absolute atomic E-state index is 0.111. The smallest absolute Gasteiger partial charge is 0.401 e. The van der Waals surface area contributed by atoms with Gasteiger partial charge >= 0.3 is 12.8 Å². The van der Waals surface area contributed by atoms with Crippen LogP contribution in [0.1, 0.15) is 12.8 Å². The van der Waals surface area contributed by atoms with Gasteiger partial charge in [-0.25, -0.2) is 0 Å². The predicted molar refractivity (Wildman–Crippen MR) is 108 cm³/mol. The fraction of sp³-hybridized carbons (Fsp3) is 0.550. The first-order valence-electron chi connectivity index (χ1n) is 10.3. The van der Waals surface area contributed by atoms with Crippen LogP contribution in [-0.4, -0.2) is 74.3 Å². The van der Waals surface area contributed by atoms with E-state index in [1.54, 1.807) is 0 Å². The maximum atomic E-state index is 13.1. The number of nitrogens with zero attached hydrogens (tertiary/aromatic N) is 2. The minimum Gasteiger partial charge on any atom is -0.433 e. The summed E-state index contributed by atoms with van der Waals surface area (Å²) >= 11 is 0. The number of ether oxygens (including phenoxy) is 2. The average Bonchev–Trinajstić information content (AvgIpc) is 3.52. The van der Waals surface area contributed by atoms with Crippen molar-refractivity contribution in [2.45, 2.75) is 31.7 Å². The Kier molecular flexibility index (Phi) is 7.92. The molecule has 1 aliphatic heterocycles. The highest BCUT2D eigenvalue weighted by atomic mass is 19.4. The molecule has 0 spiro atoms. The summed E-state index contributed by atoms with van der Waals surface area (Å²) in [5, 5.41) is 2.16. The first-order chi connectivity index (χ1) is 15.9. The molecule has 0 radical (unpaired) electrons. The lowest BCUT2D eigenvalue weighted by atomic mass is 10.1. The third-order valence-corrected chi connectivity index (χ3v) is 5.19. The van der Waals surface area contributed by atoms with E-state index in [-0.39, 0.29) is 43.6 Å². The third-order valence-electron chi connectivity index (χ3n) is 5.19. The number of alkyl halides is 5. The summed E-state index contributed by atoms with van der Waals surface area (Å²) in [6.45, 7) is -4.89. The van der Waals surface area contributed by atoms with Gasteiger partial charge in [0.25, 0.3) is 11.8 Å². The predicted octanol–water partition coefficient (Wildman–Crippen LogP) is 1.72. The van der Waals surface area contributed by atoms with Crippen LogP contribution in [0.4, 0.5) is 33.3 Å². The van der Waals surface area contributed by atoms with Crippen molar-refractivity contribution in [1.82, 2.24) is 4.90 Å². The summed E-state index contributed by atoms with van der Waals surface area (Å²) in [5.74, 6) is -3.64. The van der Waals surface area contributed by atoms with E-state index in [4.69, 9.17) is 10.5 Å². The van der Waals surface area contributed by atoms with Gasteiger partial charge in [-0.15, -0.1) is 0 Å². The second-order valence-corrected chi connectivity index (χ2v) is 7.94. The molecule has 14 heteroatoms. The molecule has 1 aliphatic carbocycles. The van der Waals surface area contributed by atoms with Crippen molar-refractivity contribution >= 4 is 29.1 Å². The quantitative estimate of drug-likeness (QED) is 0.378. The van der Waals surface area contributed by atoms with Crippen LogP contribution in [0.25, 0.3) is 0 Å². The summed E-state index contributed by atoms with van der Waals surface area (Å²) in [6.07, 6.45) is -3.41. The number of primary amides is 1. The number of benzene rings is 1. The minimum atomic E-state index is -4.71. The molecule has 0 unspecified atom stereocenters. The number of carbonyl (C=O) groups excluding carboxylic acids is 3. The molecule has 3 N–H and O–H groups in total. The topological polar surface area (TPSA) is 114 Å². The maximum absolute atomic E-state index is 13.1. The zero-order valence-corrected chi connectivity index (χ0v) is 17.8. The summed E-state index contributed by atoms with van der Waals surface area (Å²) in [5.41, 5.74) is 5.09. The van der Waals surface area contributed by atoms with E-state index in [2.05, 4.69) is 10.1 Å². The Balaban J connectivity index is 1.86. The zero-order valence-electron chi connectivity index (χ0n) is 17.8. The number of morpholine rings is 1. The monoisotopic (exact) mass is 494 g/mol. The molecule has 1 aromatic carbocycles. The number of anilines is 2. The molecule has 1 saturated carbocycles. The van der Waals surface area contributed by atoms with Crippen molar-refractivity contribution < 1.29 is 45.8 Å². The van der Waals surface area contributed by atoms with Gasteiger partial charge in [-0.05, 0) is 30.9 Å². The van der Waals surface area contributed by atoms with Gasteiger partial charge in [-0.2, -0.15) is 22.0 Å². The highest BCUT2D eigenvalue weighted by Crippen LogP contribution is 2.34. The number of nitrogens with one attached hydrogen (secondary N) is 1. The van der Waals surface area contributed by atoms with Gasteiger partial charge in [0.15, 0.2) is 11.8 Å². The molecule has 1 saturated heterocycles. The van der Waals surface area contributed by atoms with E-state index >= 15 is 0 Å². The largest absolute Gasteiger partial charge is 0.433 e. The van der Waals surface area contributed by atoms with E-state index < -0.39 is 48.8 Å². The molecule has 9 nitrogen and oxygen atoms in total. The molecule has 34 heavy (non-hydrogen) atoms. The van der Waals surface area contributed by atoms with Gasteiger partial charge in [0.05, 0.1) is 18.8 Å². The molecule has 2 aliphatic rings. The van der Waals surface area contributed by atoms with Crippen LogP contribution in [0.15, 0.2) is 18.2 Å². The summed E-state index contributed by atoms with van der Waals surface area (Å²) < 4.78 is 74.7. The lowest BCUT2D eigenvalue weighted by Gasteiger charge is -2.30. The number of hydrogen-bond acceptors (Lipinski definition) is 6. The lowest BCUT2D eigenvalue weighted by molar-refractivity contribution is -0.157. The Morgan fingerprint density at radius 2 is 2.00 bits per heavy atom. The van der Waals surface area contributed by atoms with Crippen LogP contribution in [-0.2, 0) is 19.1 Å². The van der Waals surface area contributed by atoms with Crippen molar-refractivity contribution in [3.05, 3.63) is 18.2 Å². The van der Waals surface area contributed by atoms with Crippen molar-refractivity contribution in [3.63, 3.8) is 0 Å². The van der Waals surface area contributed by atoms with Gasteiger partial charge in [0, 0.05) is 24.8 Å². The number of halogens is 5. The maximum Gasteiger partial charge on any atom is 0.401 e. The third kappa shape index (κ3) is 7.00. The first-order valence-corrected chi connectivity index (χ1v) is 10.3. The van der Waals surface area contributed by atoms with Crippen LogP contribution < -0.4 is 20.7 Å². The van der Waals surface area contributed by atoms with Crippen LogP contribution in [0, 0.1) is 5.92 Å². The molecular formula is C20H23F5N4O5. The normalized spacial score (nSPS) is 17.7. The van der Waals surface area contributed by atoms with Crippen molar-refractivity contribution in [3.8, 4) is 5.75 Å². The number of amides is 3. The number of hydrogen-bond donors (Lipinski definition) is 2. The van der Waals surface area contributed by atoms with Crippen molar-refractivity contribution in [2.24, 2.45) is 11.7 Å². The summed E-state index contributed by atoms with van der Waals surface area (Å²) in [4.78, 5) is 38.7. The summed E-state index contributed by atoms with van der Waals surface area (Å²) in [7, 11) is 0. The van der Waals surface area contributed by atoms with E-state index in [0.717, 1.165) is 12.1 Å². The molecule has 188 valence electrons. The van der Waals surface area contributed by atoms with Crippen molar-refractivity contribution in [2.75, 3.05) is 43.1 Å². The van der Waals surface area contributed by atoms with Crippen LogP contribution in [0.5, 0.6) is 5.75 Å². The average molecular weight is 494 g/mol. The van der Waals surface area contributed by atoms with Crippen LogP contribution >= 0.6 is 0 Å². The Morgan fingerprint density at radius 1 is 1.29 bits per heavy atom. The molecular weight excluding hydrogens is 471 g/mol. The Morgan fingerprint density at radius 3 is 2.56 bits per heavy atom. The van der Waals surface area contributed by atoms with Gasteiger partial charge in [-0.3, -0.25) is 19.3 Å². The lowest BCUT2D eigenvalue weighted by Crippen LogP contribution is -2.55. The molecule has 2 fully saturated rings. The zero-order chi connectivity index (χ0) is 25.0. The summed E-state index contributed by atoms with van der Waals surface area (Å²) in [6, 6.07) is 1.54. The van der Waals surface area contributed by atoms with E-state index in [9.17, 15) is 36.3 Å². The second-order valence-electron chi connectivity index (χ2n) is 7.94. The standard InChI is InChI=1S/C20H23F5N4O5/c21-19(22)34-14-7-12(29-5-6-33-9-15(29)30)3-4-13(14)27-18(32)16(17(26)31)28(8-11-1-2-11)10-20(23,24)25/h3-4,7,11,16,19H,1-2,5-6,8-10H2,(H2,26,31)(H,27,32)/t16-/m0/s1. The van der Waals surface area contributed by atoms with Crippen LogP contribution in [0.3, 0.4) is 0 Å². The van der Waals surface area contributed by atoms with Crippen molar-refractivity contribution in [1.29, 1.82) is 0 Å². The van der Waals surface area contributed by atoms with Crippen LogP contribution in [0.2, 0.25) is 0 Å². The number of carbonyl (C=O) groups is 3. The Bertz CT molecular complexity index is 925.